The molecule has 0 aromatic heterocycles. The molecular formula is C26H32FN3O6. The quantitative estimate of drug-likeness (QED) is 0.546. The van der Waals surface area contributed by atoms with Crippen molar-refractivity contribution in [2.24, 2.45) is 0 Å². The zero-order chi connectivity index (χ0) is 26.2. The van der Waals surface area contributed by atoms with Gasteiger partial charge in [0, 0.05) is 38.0 Å². The maximum Gasteiger partial charge on any atom is 0.254 e. The second-order valence-electron chi connectivity index (χ2n) is 8.57. The molecule has 1 saturated heterocycles. The second-order valence-corrected chi connectivity index (χ2v) is 8.57. The van der Waals surface area contributed by atoms with Gasteiger partial charge in [-0.3, -0.25) is 14.4 Å². The Morgan fingerprint density at radius 2 is 1.58 bits per heavy atom. The van der Waals surface area contributed by atoms with Crippen LogP contribution < -0.4 is 24.8 Å². The molecule has 2 aromatic rings. The van der Waals surface area contributed by atoms with Gasteiger partial charge in [-0.2, -0.15) is 0 Å². The number of likely N-dealkylation sites (tertiary alicyclic amines) is 1. The Kier molecular flexibility index (Phi) is 9.10. The molecule has 0 unspecified atom stereocenters. The third-order valence-electron chi connectivity index (χ3n) is 6.09. The highest BCUT2D eigenvalue weighted by Crippen LogP contribution is 2.38. The number of hydrogen-bond donors (Lipinski definition) is 2. The fourth-order valence-corrected chi connectivity index (χ4v) is 4.23. The van der Waals surface area contributed by atoms with Gasteiger partial charge in [0.05, 0.1) is 21.3 Å². The van der Waals surface area contributed by atoms with E-state index in [-0.39, 0.29) is 36.0 Å². The molecule has 0 saturated carbocycles. The topological polar surface area (TPSA) is 106 Å². The van der Waals surface area contributed by atoms with Gasteiger partial charge in [0.25, 0.3) is 5.91 Å². The predicted octanol–water partition coefficient (Wildman–Crippen LogP) is 2.32. The van der Waals surface area contributed by atoms with E-state index in [9.17, 15) is 18.8 Å². The molecule has 2 N–H and O–H groups in total. The van der Waals surface area contributed by atoms with Crippen molar-refractivity contribution in [3.63, 3.8) is 0 Å². The summed E-state index contributed by atoms with van der Waals surface area (Å²) >= 11 is 0. The Morgan fingerprint density at radius 3 is 2.08 bits per heavy atom. The Balaban J connectivity index is 1.61. The normalized spacial score (nSPS) is 14.5. The number of halogens is 1. The lowest BCUT2D eigenvalue weighted by Crippen LogP contribution is -2.53. The molecule has 1 aliphatic rings. The molecule has 3 amide bonds. The van der Waals surface area contributed by atoms with Crippen LogP contribution in [-0.2, 0) is 16.0 Å². The number of hydrogen-bond acceptors (Lipinski definition) is 6. The first-order valence-electron chi connectivity index (χ1n) is 11.7. The Bertz CT molecular complexity index is 1060. The molecule has 1 aliphatic heterocycles. The lowest BCUT2D eigenvalue weighted by Gasteiger charge is -2.33. The van der Waals surface area contributed by atoms with Gasteiger partial charge in [-0.05, 0) is 42.7 Å². The summed E-state index contributed by atoms with van der Waals surface area (Å²) < 4.78 is 29.2. The SMILES string of the molecule is COc1cc(C(=O)N2CCC(NC(=O)[C@@H](Cc3ccc(F)cc3)NC(C)=O)CC2)cc(OC)c1OC. The van der Waals surface area contributed by atoms with Crippen LogP contribution in [0.2, 0.25) is 0 Å². The van der Waals surface area contributed by atoms with Crippen LogP contribution in [0.3, 0.4) is 0 Å². The van der Waals surface area contributed by atoms with E-state index in [1.54, 1.807) is 29.2 Å². The summed E-state index contributed by atoms with van der Waals surface area (Å²) in [5.74, 6) is 0.0119. The molecule has 9 nitrogen and oxygen atoms in total. The molecule has 0 bridgehead atoms. The van der Waals surface area contributed by atoms with Crippen LogP contribution in [0.15, 0.2) is 36.4 Å². The van der Waals surface area contributed by atoms with Crippen LogP contribution in [-0.4, -0.2) is 69.1 Å². The summed E-state index contributed by atoms with van der Waals surface area (Å²) in [5.41, 5.74) is 1.15. The Morgan fingerprint density at radius 1 is 1.00 bits per heavy atom. The number of nitrogens with one attached hydrogen (secondary N) is 2. The molecule has 0 spiro atoms. The van der Waals surface area contributed by atoms with Crippen LogP contribution in [0.5, 0.6) is 17.2 Å². The molecule has 3 rings (SSSR count). The van der Waals surface area contributed by atoms with Crippen molar-refractivity contribution in [1.82, 2.24) is 15.5 Å². The number of nitrogens with zero attached hydrogens (tertiary/aromatic N) is 1. The summed E-state index contributed by atoms with van der Waals surface area (Å²) in [6.45, 7) is 2.24. The van der Waals surface area contributed by atoms with Crippen molar-refractivity contribution in [2.45, 2.75) is 38.3 Å². The fraction of sp³-hybridized carbons (Fsp3) is 0.423. The molecule has 1 fully saturated rings. The minimum atomic E-state index is -0.785. The van der Waals surface area contributed by atoms with Gasteiger partial charge in [0.2, 0.25) is 17.6 Å². The number of carbonyl (C=O) groups excluding carboxylic acids is 3. The third kappa shape index (κ3) is 6.65. The van der Waals surface area contributed by atoms with Crippen molar-refractivity contribution in [2.75, 3.05) is 34.4 Å². The number of rotatable bonds is 9. The van der Waals surface area contributed by atoms with Gasteiger partial charge in [-0.15, -0.1) is 0 Å². The standard InChI is InChI=1S/C26H32FN3O6/c1-16(31)28-21(13-17-5-7-19(27)8-6-17)25(32)29-20-9-11-30(12-10-20)26(33)18-14-22(34-2)24(36-4)23(15-18)35-3/h5-8,14-15,20-21H,9-13H2,1-4H3,(H,28,31)(H,29,32)/t21-/m1/s1. The predicted molar refractivity (Wildman–Crippen MR) is 131 cm³/mol. The van der Waals surface area contributed by atoms with Crippen LogP contribution in [0.4, 0.5) is 4.39 Å². The Labute approximate surface area is 209 Å². The maximum atomic E-state index is 13.2. The number of benzene rings is 2. The molecule has 1 heterocycles. The lowest BCUT2D eigenvalue weighted by atomic mass is 10.0. The zero-order valence-electron chi connectivity index (χ0n) is 20.9. The number of methoxy groups -OCH3 is 3. The molecule has 1 atom stereocenters. The largest absolute Gasteiger partial charge is 0.493 e. The van der Waals surface area contributed by atoms with Crippen molar-refractivity contribution in [3.05, 3.63) is 53.3 Å². The van der Waals surface area contributed by atoms with Gasteiger partial charge >= 0.3 is 0 Å². The van der Waals surface area contributed by atoms with Crippen molar-refractivity contribution < 1.29 is 33.0 Å². The van der Waals surface area contributed by atoms with Gasteiger partial charge in [0.15, 0.2) is 11.5 Å². The average Bonchev–Trinajstić information content (AvgIpc) is 2.88. The summed E-state index contributed by atoms with van der Waals surface area (Å²) in [5, 5.41) is 5.65. The van der Waals surface area contributed by atoms with E-state index in [4.69, 9.17) is 14.2 Å². The first kappa shape index (κ1) is 26.8. The number of piperidine rings is 1. The maximum absolute atomic E-state index is 13.2. The first-order chi connectivity index (χ1) is 17.2. The van der Waals surface area contributed by atoms with E-state index in [0.717, 1.165) is 5.56 Å². The Hall–Kier alpha value is -3.82. The van der Waals surface area contributed by atoms with E-state index < -0.39 is 6.04 Å². The van der Waals surface area contributed by atoms with Gasteiger partial charge < -0.3 is 29.7 Å². The van der Waals surface area contributed by atoms with E-state index in [2.05, 4.69) is 10.6 Å². The lowest BCUT2D eigenvalue weighted by molar-refractivity contribution is -0.128. The van der Waals surface area contributed by atoms with Crippen molar-refractivity contribution in [3.8, 4) is 17.2 Å². The minimum Gasteiger partial charge on any atom is -0.493 e. The number of amides is 3. The summed E-state index contributed by atoms with van der Waals surface area (Å²) in [4.78, 5) is 39.4. The van der Waals surface area contributed by atoms with E-state index in [0.29, 0.717) is 48.7 Å². The van der Waals surface area contributed by atoms with Crippen LogP contribution in [0.1, 0.15) is 35.7 Å². The van der Waals surface area contributed by atoms with Gasteiger partial charge in [-0.1, -0.05) is 12.1 Å². The molecule has 0 aliphatic carbocycles. The highest BCUT2D eigenvalue weighted by Gasteiger charge is 2.28. The fourth-order valence-electron chi connectivity index (χ4n) is 4.23. The van der Waals surface area contributed by atoms with Crippen LogP contribution in [0, 0.1) is 5.82 Å². The molecule has 194 valence electrons. The smallest absolute Gasteiger partial charge is 0.254 e. The molecule has 36 heavy (non-hydrogen) atoms. The van der Waals surface area contributed by atoms with Crippen LogP contribution in [0.25, 0.3) is 0 Å². The van der Waals surface area contributed by atoms with E-state index in [1.807, 2.05) is 0 Å². The molecular weight excluding hydrogens is 469 g/mol. The minimum absolute atomic E-state index is 0.147. The van der Waals surface area contributed by atoms with Crippen molar-refractivity contribution in [1.29, 1.82) is 0 Å². The van der Waals surface area contributed by atoms with Gasteiger partial charge in [-0.25, -0.2) is 4.39 Å². The molecule has 2 aromatic carbocycles. The highest BCUT2D eigenvalue weighted by molar-refractivity contribution is 5.95. The monoisotopic (exact) mass is 501 g/mol. The third-order valence-corrected chi connectivity index (χ3v) is 6.09. The van der Waals surface area contributed by atoms with Crippen LogP contribution >= 0.6 is 0 Å². The number of ether oxygens (including phenoxy) is 3. The van der Waals surface area contributed by atoms with Crippen molar-refractivity contribution >= 4 is 17.7 Å². The summed E-state index contributed by atoms with van der Waals surface area (Å²) in [6.07, 6.45) is 1.36. The van der Waals surface area contributed by atoms with Gasteiger partial charge in [0.1, 0.15) is 11.9 Å². The summed E-state index contributed by atoms with van der Waals surface area (Å²) in [7, 11) is 4.48. The molecule has 0 radical (unpaired) electrons. The first-order valence-corrected chi connectivity index (χ1v) is 11.7. The zero-order valence-corrected chi connectivity index (χ0v) is 20.9. The number of carbonyl (C=O) groups is 3. The average molecular weight is 502 g/mol. The van der Waals surface area contributed by atoms with E-state index >= 15 is 0 Å². The summed E-state index contributed by atoms with van der Waals surface area (Å²) in [6, 6.07) is 8.11. The highest BCUT2D eigenvalue weighted by atomic mass is 19.1. The van der Waals surface area contributed by atoms with E-state index in [1.165, 1.54) is 40.4 Å². The second kappa shape index (κ2) is 12.2. The molecule has 10 heteroatoms.